The van der Waals surface area contributed by atoms with Crippen molar-refractivity contribution in [2.24, 2.45) is 0 Å². The molecule has 0 amide bonds. The van der Waals surface area contributed by atoms with Gasteiger partial charge in [-0.25, -0.2) is 4.39 Å². The summed E-state index contributed by atoms with van der Waals surface area (Å²) in [6.45, 7) is 3.90. The highest BCUT2D eigenvalue weighted by Gasteiger charge is 2.09. The van der Waals surface area contributed by atoms with Crippen molar-refractivity contribution in [1.82, 2.24) is 0 Å². The third kappa shape index (κ3) is 2.82. The second kappa shape index (κ2) is 5.40. The van der Waals surface area contributed by atoms with Gasteiger partial charge in [-0.2, -0.15) is 0 Å². The van der Waals surface area contributed by atoms with Crippen LogP contribution in [0.2, 0.25) is 5.02 Å². The van der Waals surface area contributed by atoms with Crippen molar-refractivity contribution < 1.29 is 9.13 Å². The molecule has 0 N–H and O–H groups in total. The van der Waals surface area contributed by atoms with Crippen molar-refractivity contribution in [3.05, 3.63) is 58.9 Å². The lowest BCUT2D eigenvalue weighted by Crippen LogP contribution is -1.94. The Morgan fingerprint density at radius 1 is 1.11 bits per heavy atom. The second-order valence-corrected chi connectivity index (χ2v) is 4.78. The molecule has 0 saturated heterocycles. The van der Waals surface area contributed by atoms with Crippen LogP contribution in [0.15, 0.2) is 42.5 Å². The molecule has 94 valence electrons. The molecule has 0 radical (unpaired) electrons. The minimum Gasteiger partial charge on any atom is -0.456 e. The van der Waals surface area contributed by atoms with Crippen LogP contribution in [0.25, 0.3) is 0 Å². The van der Waals surface area contributed by atoms with Crippen LogP contribution >= 0.6 is 11.6 Å². The number of hydrogen-bond donors (Lipinski definition) is 0. The van der Waals surface area contributed by atoms with E-state index < -0.39 is 0 Å². The van der Waals surface area contributed by atoms with E-state index in [9.17, 15) is 4.39 Å². The predicted molar refractivity (Wildman–Crippen MR) is 72.0 cm³/mol. The van der Waals surface area contributed by atoms with Crippen LogP contribution in [0.3, 0.4) is 0 Å². The highest BCUT2D eigenvalue weighted by molar-refractivity contribution is 6.32. The molecule has 0 saturated carbocycles. The van der Waals surface area contributed by atoms with Gasteiger partial charge >= 0.3 is 0 Å². The predicted octanol–water partition coefficient (Wildman–Crippen LogP) is 5.39. The topological polar surface area (TPSA) is 9.23 Å². The fraction of sp³-hybridized carbons (Fsp3) is 0.200. The lowest BCUT2D eigenvalue weighted by atomic mass is 10.0. The molecule has 0 atom stereocenters. The van der Waals surface area contributed by atoms with Crippen LogP contribution in [0.1, 0.15) is 25.3 Å². The average Bonchev–Trinajstić information content (AvgIpc) is 2.32. The third-order valence-electron chi connectivity index (χ3n) is 2.66. The molecule has 0 unspecified atom stereocenters. The zero-order valence-corrected chi connectivity index (χ0v) is 11.0. The van der Waals surface area contributed by atoms with E-state index in [1.807, 2.05) is 26.0 Å². The van der Waals surface area contributed by atoms with E-state index in [2.05, 4.69) is 0 Å². The van der Waals surface area contributed by atoms with Crippen LogP contribution in [0.5, 0.6) is 11.5 Å². The number of ether oxygens (including phenoxy) is 1. The third-order valence-corrected chi connectivity index (χ3v) is 2.97. The van der Waals surface area contributed by atoms with Gasteiger partial charge in [0, 0.05) is 6.07 Å². The molecule has 3 heteroatoms. The molecule has 0 bridgehead atoms. The molecule has 0 fully saturated rings. The maximum Gasteiger partial charge on any atom is 0.146 e. The molecule has 1 nitrogen and oxygen atoms in total. The molecular formula is C15H14ClFO. The summed E-state index contributed by atoms with van der Waals surface area (Å²) in [4.78, 5) is 0. The van der Waals surface area contributed by atoms with Gasteiger partial charge < -0.3 is 4.74 Å². The minimum atomic E-state index is -0.255. The Morgan fingerprint density at radius 2 is 1.83 bits per heavy atom. The fourth-order valence-electron chi connectivity index (χ4n) is 1.69. The van der Waals surface area contributed by atoms with Crippen molar-refractivity contribution in [3.63, 3.8) is 0 Å². The van der Waals surface area contributed by atoms with Gasteiger partial charge in [0.25, 0.3) is 0 Å². The van der Waals surface area contributed by atoms with Crippen LogP contribution in [-0.2, 0) is 0 Å². The molecule has 0 aliphatic rings. The van der Waals surface area contributed by atoms with E-state index >= 15 is 0 Å². The van der Waals surface area contributed by atoms with Gasteiger partial charge in [0.1, 0.15) is 17.3 Å². The summed E-state index contributed by atoms with van der Waals surface area (Å²) in [5, 5.41) is 0.505. The van der Waals surface area contributed by atoms with Gasteiger partial charge in [-0.1, -0.05) is 43.6 Å². The Kier molecular flexibility index (Phi) is 3.87. The minimum absolute atomic E-state index is 0.152. The van der Waals surface area contributed by atoms with E-state index in [1.165, 1.54) is 6.07 Å². The average molecular weight is 265 g/mol. The first kappa shape index (κ1) is 12.9. The van der Waals surface area contributed by atoms with Gasteiger partial charge in [-0.3, -0.25) is 0 Å². The van der Waals surface area contributed by atoms with Crippen molar-refractivity contribution >= 4 is 11.6 Å². The van der Waals surface area contributed by atoms with Crippen LogP contribution in [0.4, 0.5) is 4.39 Å². The Balaban J connectivity index is 2.26. The highest BCUT2D eigenvalue weighted by atomic mass is 35.5. The van der Waals surface area contributed by atoms with Crippen LogP contribution in [0, 0.1) is 5.82 Å². The number of para-hydroxylation sites is 1. The Hall–Kier alpha value is -1.54. The molecule has 0 heterocycles. The van der Waals surface area contributed by atoms with Gasteiger partial charge in [0.15, 0.2) is 0 Å². The lowest BCUT2D eigenvalue weighted by Gasteiger charge is -2.10. The largest absolute Gasteiger partial charge is 0.456 e. The normalized spacial score (nSPS) is 10.7. The van der Waals surface area contributed by atoms with E-state index in [-0.39, 0.29) is 11.7 Å². The standard InChI is InChI=1S/C15H14ClFO/c1-10(2)12-8-7-11(9-14(12)17)18-15-6-4-3-5-13(15)16/h3-10H,1-2H3. The van der Waals surface area contributed by atoms with Crippen molar-refractivity contribution in [3.8, 4) is 11.5 Å². The van der Waals surface area contributed by atoms with E-state index in [0.717, 1.165) is 0 Å². The Bertz CT molecular complexity index is 552. The fourth-order valence-corrected chi connectivity index (χ4v) is 1.87. The first-order valence-electron chi connectivity index (χ1n) is 5.79. The molecule has 0 aromatic heterocycles. The van der Waals surface area contributed by atoms with Gasteiger partial charge in [0.05, 0.1) is 5.02 Å². The Morgan fingerprint density at radius 3 is 2.44 bits per heavy atom. The van der Waals surface area contributed by atoms with E-state index in [4.69, 9.17) is 16.3 Å². The summed E-state index contributed by atoms with van der Waals surface area (Å²) in [6, 6.07) is 12.0. The summed E-state index contributed by atoms with van der Waals surface area (Å²) < 4.78 is 19.3. The second-order valence-electron chi connectivity index (χ2n) is 4.37. The van der Waals surface area contributed by atoms with E-state index in [1.54, 1.807) is 24.3 Å². The van der Waals surface area contributed by atoms with Gasteiger partial charge in [0.2, 0.25) is 0 Å². The molecule has 0 aliphatic carbocycles. The smallest absolute Gasteiger partial charge is 0.146 e. The van der Waals surface area contributed by atoms with Gasteiger partial charge in [-0.15, -0.1) is 0 Å². The lowest BCUT2D eigenvalue weighted by molar-refractivity contribution is 0.475. The summed E-state index contributed by atoms with van der Waals surface area (Å²) >= 11 is 5.98. The Labute approximate surface area is 111 Å². The molecule has 0 spiro atoms. The van der Waals surface area contributed by atoms with Crippen molar-refractivity contribution in [2.45, 2.75) is 19.8 Å². The van der Waals surface area contributed by atoms with Gasteiger partial charge in [-0.05, 0) is 29.7 Å². The zero-order valence-electron chi connectivity index (χ0n) is 10.3. The zero-order chi connectivity index (χ0) is 13.1. The van der Waals surface area contributed by atoms with Crippen molar-refractivity contribution in [2.75, 3.05) is 0 Å². The molecule has 2 aromatic carbocycles. The summed E-state index contributed by atoms with van der Waals surface area (Å²) in [5.41, 5.74) is 0.682. The number of hydrogen-bond acceptors (Lipinski definition) is 1. The monoisotopic (exact) mass is 264 g/mol. The first-order chi connectivity index (χ1) is 8.58. The van der Waals surface area contributed by atoms with Crippen LogP contribution < -0.4 is 4.74 Å². The number of rotatable bonds is 3. The van der Waals surface area contributed by atoms with E-state index in [0.29, 0.717) is 22.1 Å². The molecular weight excluding hydrogens is 251 g/mol. The molecule has 2 aromatic rings. The molecule has 0 aliphatic heterocycles. The van der Waals surface area contributed by atoms with Crippen LogP contribution in [-0.4, -0.2) is 0 Å². The summed E-state index contributed by atoms with van der Waals surface area (Å²) in [6.07, 6.45) is 0. The molecule has 18 heavy (non-hydrogen) atoms. The quantitative estimate of drug-likeness (QED) is 0.722. The first-order valence-corrected chi connectivity index (χ1v) is 6.17. The number of halogens is 2. The maximum atomic E-state index is 13.8. The maximum absolute atomic E-state index is 13.8. The highest BCUT2D eigenvalue weighted by Crippen LogP contribution is 2.30. The summed E-state index contributed by atoms with van der Waals surface area (Å²) in [7, 11) is 0. The molecule has 2 rings (SSSR count). The number of benzene rings is 2. The summed E-state index contributed by atoms with van der Waals surface area (Å²) in [5.74, 6) is 0.870. The SMILES string of the molecule is CC(C)c1ccc(Oc2ccccc2Cl)cc1F. The van der Waals surface area contributed by atoms with Crippen molar-refractivity contribution in [1.29, 1.82) is 0 Å².